The van der Waals surface area contributed by atoms with Crippen molar-refractivity contribution >= 4 is 29.1 Å². The molecule has 1 heterocycles. The van der Waals surface area contributed by atoms with Crippen LogP contribution in [-0.2, 0) is 4.79 Å². The van der Waals surface area contributed by atoms with Gasteiger partial charge in [-0.2, -0.15) is 0 Å². The van der Waals surface area contributed by atoms with E-state index in [2.05, 4.69) is 10.2 Å². The Balaban J connectivity index is 1.47. The van der Waals surface area contributed by atoms with Crippen molar-refractivity contribution in [2.45, 2.75) is 0 Å². The van der Waals surface area contributed by atoms with Crippen LogP contribution >= 0.6 is 11.6 Å². The number of amides is 2. The lowest BCUT2D eigenvalue weighted by Gasteiger charge is -2.36. The van der Waals surface area contributed by atoms with E-state index in [0.717, 1.165) is 5.69 Å². The number of benzene rings is 2. The number of halogens is 2. The Morgan fingerprint density at radius 1 is 1.04 bits per heavy atom. The number of carbonyl (C=O) groups excluding carboxylic acids is 2. The van der Waals surface area contributed by atoms with Crippen LogP contribution in [0.2, 0.25) is 5.02 Å². The number of carbonyl (C=O) groups is 2. The lowest BCUT2D eigenvalue weighted by molar-refractivity contribution is -0.130. The van der Waals surface area contributed by atoms with Crippen LogP contribution in [0.5, 0.6) is 0 Å². The summed E-state index contributed by atoms with van der Waals surface area (Å²) in [6.07, 6.45) is 0. The van der Waals surface area contributed by atoms with Crippen LogP contribution in [0.15, 0.2) is 48.5 Å². The van der Waals surface area contributed by atoms with Gasteiger partial charge in [-0.1, -0.05) is 17.7 Å². The predicted molar refractivity (Wildman–Crippen MR) is 99.0 cm³/mol. The highest BCUT2D eigenvalue weighted by molar-refractivity contribution is 6.30. The summed E-state index contributed by atoms with van der Waals surface area (Å²) in [5.41, 5.74) is 1.36. The van der Waals surface area contributed by atoms with Gasteiger partial charge >= 0.3 is 0 Å². The third kappa shape index (κ3) is 4.52. The molecule has 136 valence electrons. The van der Waals surface area contributed by atoms with Crippen molar-refractivity contribution in [1.82, 2.24) is 10.2 Å². The smallest absolute Gasteiger partial charge is 0.251 e. The van der Waals surface area contributed by atoms with Gasteiger partial charge in [-0.3, -0.25) is 9.59 Å². The highest BCUT2D eigenvalue weighted by Crippen LogP contribution is 2.17. The van der Waals surface area contributed by atoms with E-state index in [9.17, 15) is 14.0 Å². The van der Waals surface area contributed by atoms with Crippen molar-refractivity contribution in [2.24, 2.45) is 0 Å². The quantitative estimate of drug-likeness (QED) is 0.893. The van der Waals surface area contributed by atoms with Crippen LogP contribution in [0.3, 0.4) is 0 Å². The molecule has 0 saturated carbocycles. The Morgan fingerprint density at radius 3 is 2.38 bits per heavy atom. The molecule has 3 rings (SSSR count). The van der Waals surface area contributed by atoms with Crippen LogP contribution in [0.25, 0.3) is 0 Å². The second-order valence-electron chi connectivity index (χ2n) is 6.04. The van der Waals surface area contributed by atoms with Crippen molar-refractivity contribution < 1.29 is 14.0 Å². The first-order valence-electron chi connectivity index (χ1n) is 8.35. The van der Waals surface area contributed by atoms with E-state index >= 15 is 0 Å². The number of rotatable bonds is 4. The fourth-order valence-electron chi connectivity index (χ4n) is 2.87. The van der Waals surface area contributed by atoms with E-state index in [4.69, 9.17) is 11.6 Å². The molecule has 0 unspecified atom stereocenters. The zero-order valence-corrected chi connectivity index (χ0v) is 14.9. The molecule has 1 aliphatic rings. The first-order chi connectivity index (χ1) is 12.5. The second kappa shape index (κ2) is 8.19. The second-order valence-corrected chi connectivity index (χ2v) is 6.47. The normalized spacial score (nSPS) is 14.2. The Kier molecular flexibility index (Phi) is 5.73. The minimum absolute atomic E-state index is 0.0537. The Bertz CT molecular complexity index is 790. The van der Waals surface area contributed by atoms with E-state index in [1.807, 2.05) is 0 Å². The molecule has 0 atom stereocenters. The third-order valence-electron chi connectivity index (χ3n) is 4.31. The van der Waals surface area contributed by atoms with Gasteiger partial charge in [-0.25, -0.2) is 4.39 Å². The average Bonchev–Trinajstić information content (AvgIpc) is 2.66. The number of hydrogen-bond donors (Lipinski definition) is 1. The van der Waals surface area contributed by atoms with E-state index in [1.165, 1.54) is 12.1 Å². The van der Waals surface area contributed by atoms with Gasteiger partial charge in [0.05, 0.1) is 6.54 Å². The molecule has 0 spiro atoms. The summed E-state index contributed by atoms with van der Waals surface area (Å²) in [4.78, 5) is 28.2. The molecule has 5 nitrogen and oxygen atoms in total. The van der Waals surface area contributed by atoms with Crippen LogP contribution in [0, 0.1) is 5.82 Å². The first-order valence-corrected chi connectivity index (χ1v) is 8.73. The van der Waals surface area contributed by atoms with E-state index in [1.54, 1.807) is 41.3 Å². The summed E-state index contributed by atoms with van der Waals surface area (Å²) >= 11 is 5.87. The Labute approximate surface area is 156 Å². The topological polar surface area (TPSA) is 52.7 Å². The molecule has 1 N–H and O–H groups in total. The zero-order chi connectivity index (χ0) is 18.5. The van der Waals surface area contributed by atoms with Crippen LogP contribution < -0.4 is 10.2 Å². The molecule has 1 fully saturated rings. The fraction of sp³-hybridized carbons (Fsp3) is 0.263. The standard InChI is InChI=1S/C19H19ClFN3O2/c20-15-3-1-2-14(12-15)19(26)22-13-18(25)24-10-8-23(9-11-24)17-6-4-16(21)5-7-17/h1-7,12H,8-11,13H2,(H,22,26). The van der Waals surface area contributed by atoms with Gasteiger partial charge in [-0.05, 0) is 42.5 Å². The van der Waals surface area contributed by atoms with Gasteiger partial charge in [0.1, 0.15) is 5.82 Å². The third-order valence-corrected chi connectivity index (χ3v) is 4.55. The summed E-state index contributed by atoms with van der Waals surface area (Å²) in [7, 11) is 0. The minimum atomic E-state index is -0.328. The van der Waals surface area contributed by atoms with E-state index in [-0.39, 0.29) is 24.2 Å². The number of nitrogens with zero attached hydrogens (tertiary/aromatic N) is 2. The molecule has 2 amide bonds. The van der Waals surface area contributed by atoms with E-state index < -0.39 is 0 Å². The van der Waals surface area contributed by atoms with Crippen molar-refractivity contribution in [3.8, 4) is 0 Å². The molecule has 2 aromatic rings. The average molecular weight is 376 g/mol. The van der Waals surface area contributed by atoms with Crippen molar-refractivity contribution in [3.05, 3.63) is 64.9 Å². The van der Waals surface area contributed by atoms with Gasteiger partial charge in [0.25, 0.3) is 5.91 Å². The molecule has 2 aromatic carbocycles. The number of piperazine rings is 1. The predicted octanol–water partition coefficient (Wildman–Crippen LogP) is 2.56. The zero-order valence-electron chi connectivity index (χ0n) is 14.1. The van der Waals surface area contributed by atoms with Crippen LogP contribution in [0.4, 0.5) is 10.1 Å². The lowest BCUT2D eigenvalue weighted by atomic mass is 10.2. The highest BCUT2D eigenvalue weighted by atomic mass is 35.5. The monoisotopic (exact) mass is 375 g/mol. The minimum Gasteiger partial charge on any atom is -0.368 e. The summed E-state index contributed by atoms with van der Waals surface area (Å²) in [6.45, 7) is 2.40. The summed E-state index contributed by atoms with van der Waals surface area (Å²) in [6, 6.07) is 12.9. The van der Waals surface area contributed by atoms with Crippen molar-refractivity contribution in [2.75, 3.05) is 37.6 Å². The molecule has 1 aliphatic heterocycles. The molecule has 0 radical (unpaired) electrons. The fourth-order valence-corrected chi connectivity index (χ4v) is 3.06. The van der Waals surface area contributed by atoms with Gasteiger partial charge in [0.15, 0.2) is 0 Å². The molecule has 0 aliphatic carbocycles. The molecule has 26 heavy (non-hydrogen) atoms. The van der Waals surface area contributed by atoms with Crippen molar-refractivity contribution in [1.29, 1.82) is 0 Å². The summed E-state index contributed by atoms with van der Waals surface area (Å²) < 4.78 is 13.0. The maximum Gasteiger partial charge on any atom is 0.251 e. The Hall–Kier alpha value is -2.60. The van der Waals surface area contributed by atoms with Crippen molar-refractivity contribution in [3.63, 3.8) is 0 Å². The molecular formula is C19H19ClFN3O2. The largest absolute Gasteiger partial charge is 0.368 e. The molecule has 1 saturated heterocycles. The Morgan fingerprint density at radius 2 is 1.73 bits per heavy atom. The maximum atomic E-state index is 13.0. The summed E-state index contributed by atoms with van der Waals surface area (Å²) in [5, 5.41) is 3.10. The molecule has 0 aromatic heterocycles. The highest BCUT2D eigenvalue weighted by Gasteiger charge is 2.21. The van der Waals surface area contributed by atoms with Crippen LogP contribution in [-0.4, -0.2) is 49.4 Å². The number of hydrogen-bond acceptors (Lipinski definition) is 3. The van der Waals surface area contributed by atoms with Gasteiger partial charge < -0.3 is 15.1 Å². The first kappa shape index (κ1) is 18.2. The number of anilines is 1. The van der Waals surface area contributed by atoms with Gasteiger partial charge in [0, 0.05) is 42.5 Å². The number of nitrogens with one attached hydrogen (secondary N) is 1. The molecule has 0 bridgehead atoms. The van der Waals surface area contributed by atoms with E-state index in [0.29, 0.717) is 36.8 Å². The summed E-state index contributed by atoms with van der Waals surface area (Å²) in [5.74, 6) is -0.719. The van der Waals surface area contributed by atoms with Crippen LogP contribution in [0.1, 0.15) is 10.4 Å². The SMILES string of the molecule is O=C(NCC(=O)N1CCN(c2ccc(F)cc2)CC1)c1cccc(Cl)c1. The van der Waals surface area contributed by atoms with Gasteiger partial charge in [-0.15, -0.1) is 0 Å². The lowest BCUT2D eigenvalue weighted by Crippen LogP contribution is -2.51. The molecule has 7 heteroatoms. The molecular weight excluding hydrogens is 357 g/mol. The maximum absolute atomic E-state index is 13.0. The van der Waals surface area contributed by atoms with Gasteiger partial charge in [0.2, 0.25) is 5.91 Å².